The van der Waals surface area contributed by atoms with Crippen LogP contribution in [0, 0.1) is 5.92 Å². The molecule has 1 saturated carbocycles. The van der Waals surface area contributed by atoms with Crippen LogP contribution >= 0.6 is 0 Å². The lowest BCUT2D eigenvalue weighted by Crippen LogP contribution is -2.58. The van der Waals surface area contributed by atoms with Gasteiger partial charge in [-0.2, -0.15) is 13.2 Å². The molecule has 114 valence electrons. The van der Waals surface area contributed by atoms with Crippen LogP contribution in [0.4, 0.5) is 13.2 Å². The third kappa shape index (κ3) is 2.82. The van der Waals surface area contributed by atoms with Gasteiger partial charge >= 0.3 is 6.18 Å². The van der Waals surface area contributed by atoms with Crippen molar-refractivity contribution in [1.29, 1.82) is 0 Å². The smallest absolute Gasteiger partial charge is 0.421 e. The second kappa shape index (κ2) is 5.20. The van der Waals surface area contributed by atoms with E-state index >= 15 is 0 Å². The maximum absolute atomic E-state index is 12.8. The highest BCUT2D eigenvalue weighted by Crippen LogP contribution is 2.36. The molecule has 1 amide bonds. The summed E-state index contributed by atoms with van der Waals surface area (Å²) in [6.45, 7) is 0.673. The average Bonchev–Trinajstić information content (AvgIpc) is 2.30. The van der Waals surface area contributed by atoms with Crippen molar-refractivity contribution >= 4 is 5.91 Å². The number of halogens is 3. The van der Waals surface area contributed by atoms with E-state index in [1.54, 1.807) is 4.90 Å². The highest BCUT2D eigenvalue weighted by atomic mass is 19.4. The van der Waals surface area contributed by atoms with E-state index in [0.29, 0.717) is 13.1 Å². The van der Waals surface area contributed by atoms with Crippen molar-refractivity contribution in [2.24, 2.45) is 5.92 Å². The minimum absolute atomic E-state index is 0.0955. The quantitative estimate of drug-likeness (QED) is 0.861. The summed E-state index contributed by atoms with van der Waals surface area (Å²) in [7, 11) is 0. The van der Waals surface area contributed by atoms with Gasteiger partial charge in [-0.15, -0.1) is 0 Å². The molecular formula is C14H15F3N2O2. The number of rotatable bonds is 3. The van der Waals surface area contributed by atoms with Crippen LogP contribution in [0.3, 0.4) is 0 Å². The number of likely N-dealkylation sites (tertiary alicyclic amines) is 1. The summed E-state index contributed by atoms with van der Waals surface area (Å²) >= 11 is 0. The number of carbonyl (C=O) groups is 1. The zero-order valence-corrected chi connectivity index (χ0v) is 11.3. The molecule has 0 aromatic carbocycles. The number of hydrogen-bond donors (Lipinski definition) is 0. The van der Waals surface area contributed by atoms with Crippen LogP contribution in [0.25, 0.3) is 0 Å². The second-order valence-electron chi connectivity index (χ2n) is 5.46. The minimum Gasteiger partial charge on any atom is -0.470 e. The number of hydrogen-bond acceptors (Lipinski definition) is 3. The summed E-state index contributed by atoms with van der Waals surface area (Å²) in [6, 6.07) is 2.17. The summed E-state index contributed by atoms with van der Waals surface area (Å²) < 4.78 is 43.7. The number of pyridine rings is 1. The van der Waals surface area contributed by atoms with E-state index in [9.17, 15) is 18.0 Å². The molecule has 2 fully saturated rings. The van der Waals surface area contributed by atoms with Crippen molar-refractivity contribution in [3.63, 3.8) is 0 Å². The van der Waals surface area contributed by atoms with Gasteiger partial charge in [0.2, 0.25) is 11.8 Å². The van der Waals surface area contributed by atoms with E-state index in [4.69, 9.17) is 4.74 Å². The van der Waals surface area contributed by atoms with Crippen molar-refractivity contribution in [2.45, 2.75) is 31.5 Å². The lowest BCUT2D eigenvalue weighted by Gasteiger charge is -2.42. The molecule has 1 saturated heterocycles. The van der Waals surface area contributed by atoms with Crippen molar-refractivity contribution in [1.82, 2.24) is 9.88 Å². The molecule has 2 heterocycles. The molecule has 1 aliphatic carbocycles. The van der Waals surface area contributed by atoms with E-state index in [1.165, 1.54) is 12.3 Å². The fourth-order valence-corrected chi connectivity index (χ4v) is 2.46. The Hall–Kier alpha value is -1.79. The molecule has 0 radical (unpaired) electrons. The number of ether oxygens (including phenoxy) is 1. The van der Waals surface area contributed by atoms with Gasteiger partial charge in [0, 0.05) is 12.1 Å². The Balaban J connectivity index is 1.58. The molecule has 0 unspecified atom stereocenters. The van der Waals surface area contributed by atoms with Crippen LogP contribution in [-0.2, 0) is 11.0 Å². The second-order valence-corrected chi connectivity index (χ2v) is 5.46. The Morgan fingerprint density at radius 3 is 2.62 bits per heavy atom. The van der Waals surface area contributed by atoms with Crippen molar-refractivity contribution in [3.05, 3.63) is 23.9 Å². The predicted octanol–water partition coefficient (Wildman–Crippen LogP) is 2.49. The molecule has 3 rings (SSSR count). The molecule has 0 spiro atoms. The molecule has 1 aromatic rings. The molecule has 0 bridgehead atoms. The van der Waals surface area contributed by atoms with Crippen molar-refractivity contribution in [3.8, 4) is 5.88 Å². The fraction of sp³-hybridized carbons (Fsp3) is 0.571. The molecule has 1 aromatic heterocycles. The number of amides is 1. The van der Waals surface area contributed by atoms with E-state index in [2.05, 4.69) is 4.98 Å². The normalized spacial score (nSPS) is 19.9. The minimum atomic E-state index is -4.49. The van der Waals surface area contributed by atoms with Crippen LogP contribution in [-0.4, -0.2) is 35.0 Å². The van der Waals surface area contributed by atoms with Gasteiger partial charge in [0.05, 0.1) is 13.1 Å². The zero-order valence-electron chi connectivity index (χ0n) is 11.3. The lowest BCUT2D eigenvalue weighted by atomic mass is 9.83. The van der Waals surface area contributed by atoms with E-state index in [1.807, 2.05) is 0 Å². The van der Waals surface area contributed by atoms with Gasteiger partial charge in [-0.05, 0) is 25.0 Å². The maximum atomic E-state index is 12.8. The zero-order chi connectivity index (χ0) is 15.0. The van der Waals surface area contributed by atoms with Gasteiger partial charge in [-0.25, -0.2) is 4.98 Å². The first-order valence-corrected chi connectivity index (χ1v) is 6.93. The van der Waals surface area contributed by atoms with E-state index in [0.717, 1.165) is 25.3 Å². The van der Waals surface area contributed by atoms with Crippen molar-refractivity contribution in [2.75, 3.05) is 13.1 Å². The molecule has 7 heteroatoms. The Kier molecular flexibility index (Phi) is 3.51. The molecule has 2 aliphatic rings. The molecular weight excluding hydrogens is 285 g/mol. The van der Waals surface area contributed by atoms with Crippen LogP contribution in [0.2, 0.25) is 0 Å². The first-order valence-electron chi connectivity index (χ1n) is 6.93. The molecule has 1 aliphatic heterocycles. The molecule has 0 N–H and O–H groups in total. The third-order valence-corrected chi connectivity index (χ3v) is 3.97. The monoisotopic (exact) mass is 300 g/mol. The molecule has 0 atom stereocenters. The first kappa shape index (κ1) is 14.2. The van der Waals surface area contributed by atoms with Crippen LogP contribution in [0.1, 0.15) is 24.8 Å². The third-order valence-electron chi connectivity index (χ3n) is 3.97. The summed E-state index contributed by atoms with van der Waals surface area (Å²) in [5.41, 5.74) is -0.881. The number of alkyl halides is 3. The highest BCUT2D eigenvalue weighted by Gasteiger charge is 2.40. The van der Waals surface area contributed by atoms with Gasteiger partial charge in [-0.1, -0.05) is 6.42 Å². The Morgan fingerprint density at radius 2 is 2.05 bits per heavy atom. The fourth-order valence-electron chi connectivity index (χ4n) is 2.46. The first-order chi connectivity index (χ1) is 9.95. The standard InChI is InChI=1S/C14H15F3N2O2/c15-14(16,17)11-5-2-6-18-12(11)21-10-7-19(8-10)13(20)9-3-1-4-9/h2,5-6,9-10H,1,3-4,7-8H2. The topological polar surface area (TPSA) is 42.4 Å². The van der Waals surface area contributed by atoms with Crippen LogP contribution in [0.5, 0.6) is 5.88 Å². The van der Waals surface area contributed by atoms with Gasteiger partial charge in [0.15, 0.2) is 0 Å². The summed E-state index contributed by atoms with van der Waals surface area (Å²) in [5.74, 6) is -0.213. The van der Waals surface area contributed by atoms with Crippen molar-refractivity contribution < 1.29 is 22.7 Å². The average molecular weight is 300 g/mol. The number of aromatic nitrogens is 1. The van der Waals surface area contributed by atoms with Crippen LogP contribution in [0.15, 0.2) is 18.3 Å². The number of carbonyl (C=O) groups excluding carboxylic acids is 1. The number of nitrogens with zero attached hydrogens (tertiary/aromatic N) is 2. The van der Waals surface area contributed by atoms with Crippen LogP contribution < -0.4 is 4.74 Å². The van der Waals surface area contributed by atoms with Gasteiger partial charge in [0.25, 0.3) is 0 Å². The molecule has 4 nitrogen and oxygen atoms in total. The summed E-state index contributed by atoms with van der Waals surface area (Å²) in [6.07, 6.45) is -0.730. The Labute approximate surface area is 119 Å². The van der Waals surface area contributed by atoms with E-state index < -0.39 is 23.7 Å². The predicted molar refractivity (Wildman–Crippen MR) is 67.6 cm³/mol. The Morgan fingerprint density at radius 1 is 1.33 bits per heavy atom. The lowest BCUT2D eigenvalue weighted by molar-refractivity contribution is -0.149. The SMILES string of the molecule is O=C(C1CCC1)N1CC(Oc2ncccc2C(F)(F)F)C1. The Bertz CT molecular complexity index is 537. The maximum Gasteiger partial charge on any atom is 0.421 e. The summed E-state index contributed by atoms with van der Waals surface area (Å²) in [4.78, 5) is 17.2. The summed E-state index contributed by atoms with van der Waals surface area (Å²) in [5, 5.41) is 0. The van der Waals surface area contributed by atoms with Gasteiger partial charge < -0.3 is 9.64 Å². The van der Waals surface area contributed by atoms with Gasteiger partial charge in [0.1, 0.15) is 11.7 Å². The molecule has 21 heavy (non-hydrogen) atoms. The van der Waals surface area contributed by atoms with Gasteiger partial charge in [-0.3, -0.25) is 4.79 Å². The largest absolute Gasteiger partial charge is 0.470 e. The highest BCUT2D eigenvalue weighted by molar-refractivity contribution is 5.80. The van der Waals surface area contributed by atoms with E-state index in [-0.39, 0.29) is 11.8 Å².